The van der Waals surface area contributed by atoms with Gasteiger partial charge in [-0.05, 0) is 36.4 Å². The molecule has 1 N–H and O–H groups in total. The number of amides is 1. The zero-order valence-electron chi connectivity index (χ0n) is 15.4. The van der Waals surface area contributed by atoms with Gasteiger partial charge in [0.25, 0.3) is 5.91 Å². The van der Waals surface area contributed by atoms with Gasteiger partial charge in [0.15, 0.2) is 0 Å². The summed E-state index contributed by atoms with van der Waals surface area (Å²) in [6, 6.07) is 13.5. The van der Waals surface area contributed by atoms with E-state index in [-0.39, 0.29) is 10.8 Å². The number of sulfonamides is 1. The van der Waals surface area contributed by atoms with Gasteiger partial charge in [-0.2, -0.15) is 4.31 Å². The van der Waals surface area contributed by atoms with Crippen molar-refractivity contribution < 1.29 is 17.9 Å². The average molecular weight is 389 g/mol. The van der Waals surface area contributed by atoms with Crippen molar-refractivity contribution in [3.8, 4) is 0 Å². The number of nitrogens with one attached hydrogen (secondary N) is 1. The smallest absolute Gasteiger partial charge is 0.255 e. The van der Waals surface area contributed by atoms with Crippen LogP contribution in [-0.2, 0) is 14.8 Å². The Hall–Kier alpha value is -2.42. The van der Waals surface area contributed by atoms with Gasteiger partial charge in [-0.25, -0.2) is 8.42 Å². The van der Waals surface area contributed by atoms with Gasteiger partial charge in [0.05, 0.1) is 18.1 Å². The van der Waals surface area contributed by atoms with Crippen molar-refractivity contribution in [3.63, 3.8) is 0 Å². The predicted octanol–water partition coefficient (Wildman–Crippen LogP) is 2.03. The predicted molar refractivity (Wildman–Crippen MR) is 105 cm³/mol. The van der Waals surface area contributed by atoms with Crippen molar-refractivity contribution in [2.24, 2.45) is 0 Å². The quantitative estimate of drug-likeness (QED) is 0.847. The molecule has 1 fully saturated rings. The van der Waals surface area contributed by atoms with Crippen molar-refractivity contribution in [1.82, 2.24) is 4.31 Å². The fourth-order valence-corrected chi connectivity index (χ4v) is 4.25. The Labute approximate surface area is 159 Å². The first kappa shape index (κ1) is 19.3. The summed E-state index contributed by atoms with van der Waals surface area (Å²) in [4.78, 5) is 14.6. The molecule has 1 heterocycles. The summed E-state index contributed by atoms with van der Waals surface area (Å²) in [5.41, 5.74) is 1.85. The van der Waals surface area contributed by atoms with E-state index in [0.717, 1.165) is 5.69 Å². The molecule has 0 aromatic heterocycles. The lowest BCUT2D eigenvalue weighted by atomic mass is 10.1. The zero-order chi connectivity index (χ0) is 19.4. The molecule has 144 valence electrons. The number of morpholine rings is 1. The highest BCUT2D eigenvalue weighted by molar-refractivity contribution is 7.89. The van der Waals surface area contributed by atoms with E-state index in [1.54, 1.807) is 24.3 Å². The number of rotatable bonds is 5. The second-order valence-electron chi connectivity index (χ2n) is 6.44. The lowest BCUT2D eigenvalue weighted by molar-refractivity contribution is 0.0730. The van der Waals surface area contributed by atoms with Gasteiger partial charge in [-0.15, -0.1) is 0 Å². The van der Waals surface area contributed by atoms with Crippen LogP contribution in [0.25, 0.3) is 0 Å². The molecule has 1 aliphatic rings. The molecule has 2 aromatic rings. The van der Waals surface area contributed by atoms with Gasteiger partial charge in [0.2, 0.25) is 10.0 Å². The number of benzene rings is 2. The van der Waals surface area contributed by atoms with E-state index in [1.165, 1.54) is 16.4 Å². The number of hydrogen-bond acceptors (Lipinski definition) is 5. The standard InChI is InChI=1S/C19H23N3O4S/c1-21(2)17-7-3-5-15(13-17)19(23)20-16-6-4-8-18(14-16)27(24,25)22-9-11-26-12-10-22/h3-8,13-14H,9-12H2,1-2H3,(H,20,23). The molecule has 1 saturated heterocycles. The molecule has 0 unspecified atom stereocenters. The van der Waals surface area contributed by atoms with Crippen molar-refractivity contribution in [3.05, 3.63) is 54.1 Å². The molecule has 1 aliphatic heterocycles. The van der Waals surface area contributed by atoms with Crippen LogP contribution in [0.1, 0.15) is 10.4 Å². The van der Waals surface area contributed by atoms with E-state index in [2.05, 4.69) is 5.32 Å². The van der Waals surface area contributed by atoms with Crippen LogP contribution < -0.4 is 10.2 Å². The minimum absolute atomic E-state index is 0.157. The summed E-state index contributed by atoms with van der Waals surface area (Å²) in [5, 5.41) is 2.77. The fourth-order valence-electron chi connectivity index (χ4n) is 2.80. The fraction of sp³-hybridized carbons (Fsp3) is 0.316. The van der Waals surface area contributed by atoms with E-state index in [4.69, 9.17) is 4.74 Å². The molecule has 0 aliphatic carbocycles. The van der Waals surface area contributed by atoms with Crippen molar-refractivity contribution in [1.29, 1.82) is 0 Å². The van der Waals surface area contributed by atoms with E-state index >= 15 is 0 Å². The maximum absolute atomic E-state index is 12.8. The summed E-state index contributed by atoms with van der Waals surface area (Å²) >= 11 is 0. The molecule has 3 rings (SSSR count). The first-order valence-corrected chi connectivity index (χ1v) is 10.1. The van der Waals surface area contributed by atoms with Crippen LogP contribution >= 0.6 is 0 Å². The number of ether oxygens (including phenoxy) is 1. The van der Waals surface area contributed by atoms with Gasteiger partial charge in [-0.3, -0.25) is 4.79 Å². The molecule has 0 saturated carbocycles. The number of carbonyl (C=O) groups is 1. The maximum Gasteiger partial charge on any atom is 0.255 e. The largest absolute Gasteiger partial charge is 0.379 e. The van der Waals surface area contributed by atoms with Crippen molar-refractivity contribution in [2.75, 3.05) is 50.6 Å². The normalized spacial score (nSPS) is 15.3. The van der Waals surface area contributed by atoms with Gasteiger partial charge in [0, 0.05) is 44.1 Å². The molecule has 27 heavy (non-hydrogen) atoms. The van der Waals surface area contributed by atoms with Gasteiger partial charge in [-0.1, -0.05) is 12.1 Å². The number of nitrogens with zero attached hydrogens (tertiary/aromatic N) is 2. The van der Waals surface area contributed by atoms with E-state index in [1.807, 2.05) is 31.1 Å². The first-order chi connectivity index (χ1) is 12.9. The molecular formula is C19H23N3O4S. The lowest BCUT2D eigenvalue weighted by Crippen LogP contribution is -2.40. The molecule has 8 heteroatoms. The number of hydrogen-bond donors (Lipinski definition) is 1. The highest BCUT2D eigenvalue weighted by Gasteiger charge is 2.26. The van der Waals surface area contributed by atoms with Crippen LogP contribution in [0.4, 0.5) is 11.4 Å². The maximum atomic E-state index is 12.8. The summed E-state index contributed by atoms with van der Waals surface area (Å²) in [5.74, 6) is -0.292. The Balaban J connectivity index is 1.79. The third-order valence-electron chi connectivity index (χ3n) is 4.32. The number of anilines is 2. The summed E-state index contributed by atoms with van der Waals surface area (Å²) in [7, 11) is 0.192. The van der Waals surface area contributed by atoms with Gasteiger partial charge < -0.3 is 15.0 Å². The Morgan fingerprint density at radius 3 is 2.48 bits per heavy atom. The van der Waals surface area contributed by atoms with Crippen LogP contribution in [0.2, 0.25) is 0 Å². The molecule has 1 amide bonds. The Bertz CT molecular complexity index is 922. The Morgan fingerprint density at radius 2 is 1.78 bits per heavy atom. The topological polar surface area (TPSA) is 79.0 Å². The molecule has 0 spiro atoms. The monoisotopic (exact) mass is 389 g/mol. The van der Waals surface area contributed by atoms with Crippen molar-refractivity contribution in [2.45, 2.75) is 4.90 Å². The van der Waals surface area contributed by atoms with E-state index in [9.17, 15) is 13.2 Å². The summed E-state index contributed by atoms with van der Waals surface area (Å²) < 4.78 is 32.2. The molecule has 0 radical (unpaired) electrons. The third-order valence-corrected chi connectivity index (χ3v) is 6.22. The second kappa shape index (κ2) is 8.08. The summed E-state index contributed by atoms with van der Waals surface area (Å²) in [6.07, 6.45) is 0. The number of carbonyl (C=O) groups excluding carboxylic acids is 1. The van der Waals surface area contributed by atoms with Crippen LogP contribution in [0.5, 0.6) is 0 Å². The van der Waals surface area contributed by atoms with Gasteiger partial charge >= 0.3 is 0 Å². The van der Waals surface area contributed by atoms with Crippen LogP contribution in [0, 0.1) is 0 Å². The minimum Gasteiger partial charge on any atom is -0.379 e. The van der Waals surface area contributed by atoms with E-state index in [0.29, 0.717) is 37.6 Å². The third kappa shape index (κ3) is 4.47. The average Bonchev–Trinajstić information content (AvgIpc) is 2.69. The lowest BCUT2D eigenvalue weighted by Gasteiger charge is -2.26. The Kier molecular flexibility index (Phi) is 5.79. The van der Waals surface area contributed by atoms with E-state index < -0.39 is 10.0 Å². The van der Waals surface area contributed by atoms with Gasteiger partial charge in [0.1, 0.15) is 0 Å². The highest BCUT2D eigenvalue weighted by atomic mass is 32.2. The molecule has 0 atom stereocenters. The molecular weight excluding hydrogens is 366 g/mol. The minimum atomic E-state index is -3.61. The molecule has 2 aromatic carbocycles. The van der Waals surface area contributed by atoms with Crippen LogP contribution in [0.15, 0.2) is 53.4 Å². The van der Waals surface area contributed by atoms with Crippen LogP contribution in [0.3, 0.4) is 0 Å². The highest BCUT2D eigenvalue weighted by Crippen LogP contribution is 2.21. The molecule has 0 bridgehead atoms. The second-order valence-corrected chi connectivity index (χ2v) is 8.38. The SMILES string of the molecule is CN(C)c1cccc(C(=O)Nc2cccc(S(=O)(=O)N3CCOCC3)c2)c1. The van der Waals surface area contributed by atoms with Crippen molar-refractivity contribution >= 4 is 27.3 Å². The van der Waals surface area contributed by atoms with Crippen LogP contribution in [-0.4, -0.2) is 59.0 Å². The summed E-state index contributed by atoms with van der Waals surface area (Å²) in [6.45, 7) is 1.43. The first-order valence-electron chi connectivity index (χ1n) is 8.64. The molecule has 7 nitrogen and oxygen atoms in total. The zero-order valence-corrected chi connectivity index (χ0v) is 16.2. The Morgan fingerprint density at radius 1 is 1.07 bits per heavy atom.